The first-order chi connectivity index (χ1) is 9.79. The number of aryl methyl sites for hydroxylation is 1. The summed E-state index contributed by atoms with van der Waals surface area (Å²) in [4.78, 5) is 10.5. The number of hydrogen-bond donors (Lipinski definition) is 1. The summed E-state index contributed by atoms with van der Waals surface area (Å²) in [6.07, 6.45) is 0. The second-order valence-corrected chi connectivity index (χ2v) is 6.05. The molecule has 0 bridgehead atoms. The molecule has 0 aromatic heterocycles. The fourth-order valence-electron chi connectivity index (χ4n) is 1.78. The third-order valence-electron chi connectivity index (χ3n) is 2.82. The average Bonchev–Trinajstić information content (AvgIpc) is 2.37. The van der Waals surface area contributed by atoms with Gasteiger partial charge in [0.2, 0.25) is 0 Å². The Morgan fingerprint density at radius 3 is 2.57 bits per heavy atom. The van der Waals surface area contributed by atoms with E-state index in [1.807, 2.05) is 6.92 Å². The van der Waals surface area contributed by atoms with Gasteiger partial charge in [0.15, 0.2) is 5.75 Å². The van der Waals surface area contributed by atoms with E-state index in [0.29, 0.717) is 19.8 Å². The molecule has 0 fully saturated rings. The molecule has 2 N–H and O–H groups in total. The second kappa shape index (κ2) is 7.95. The molecule has 0 unspecified atom stereocenters. The molecule has 21 heavy (non-hydrogen) atoms. The highest BCUT2D eigenvalue weighted by atomic mass is 16.6. The Balaban J connectivity index is 2.29. The van der Waals surface area contributed by atoms with Crippen molar-refractivity contribution in [3.63, 3.8) is 0 Å². The van der Waals surface area contributed by atoms with Crippen LogP contribution in [0.15, 0.2) is 18.2 Å². The monoisotopic (exact) mass is 297 g/mol. The van der Waals surface area contributed by atoms with E-state index in [-0.39, 0.29) is 17.0 Å². The van der Waals surface area contributed by atoms with Crippen LogP contribution in [-0.4, -0.2) is 36.8 Å². The number of nitro benzene ring substituents is 1. The average molecular weight is 297 g/mol. The SMILES string of the molecule is Cc1ccc(OCCOCC[NH2+]C(C)(C)C)c([N+](=O)[O-])c1. The second-order valence-electron chi connectivity index (χ2n) is 6.05. The maximum atomic E-state index is 10.9. The van der Waals surface area contributed by atoms with Crippen molar-refractivity contribution in [2.24, 2.45) is 0 Å². The first-order valence-electron chi connectivity index (χ1n) is 7.09. The first kappa shape index (κ1) is 17.4. The number of quaternary nitrogens is 1. The van der Waals surface area contributed by atoms with Crippen LogP contribution in [0.3, 0.4) is 0 Å². The van der Waals surface area contributed by atoms with Gasteiger partial charge in [-0.2, -0.15) is 0 Å². The zero-order valence-electron chi connectivity index (χ0n) is 13.2. The highest BCUT2D eigenvalue weighted by Gasteiger charge is 2.15. The van der Waals surface area contributed by atoms with Crippen molar-refractivity contribution in [3.05, 3.63) is 33.9 Å². The predicted molar refractivity (Wildman–Crippen MR) is 80.7 cm³/mol. The van der Waals surface area contributed by atoms with Gasteiger partial charge in [-0.15, -0.1) is 0 Å². The van der Waals surface area contributed by atoms with Crippen molar-refractivity contribution in [2.45, 2.75) is 33.2 Å². The number of nitrogens with zero attached hydrogens (tertiary/aromatic N) is 1. The van der Waals surface area contributed by atoms with E-state index in [4.69, 9.17) is 9.47 Å². The molecule has 0 radical (unpaired) electrons. The fourth-order valence-corrected chi connectivity index (χ4v) is 1.78. The highest BCUT2D eigenvalue weighted by molar-refractivity contribution is 5.48. The van der Waals surface area contributed by atoms with Crippen molar-refractivity contribution in [1.82, 2.24) is 0 Å². The van der Waals surface area contributed by atoms with Crippen LogP contribution >= 0.6 is 0 Å². The minimum Gasteiger partial charge on any atom is -0.484 e. The van der Waals surface area contributed by atoms with Gasteiger partial charge in [-0.25, -0.2) is 0 Å². The Hall–Kier alpha value is -1.66. The van der Waals surface area contributed by atoms with Crippen molar-refractivity contribution in [3.8, 4) is 5.75 Å². The largest absolute Gasteiger partial charge is 0.484 e. The fraction of sp³-hybridized carbons (Fsp3) is 0.600. The Morgan fingerprint density at radius 2 is 1.95 bits per heavy atom. The molecule has 6 heteroatoms. The molecule has 0 aliphatic heterocycles. The molecule has 0 heterocycles. The lowest BCUT2D eigenvalue weighted by atomic mass is 10.1. The smallest absolute Gasteiger partial charge is 0.311 e. The van der Waals surface area contributed by atoms with E-state index >= 15 is 0 Å². The third-order valence-corrected chi connectivity index (χ3v) is 2.82. The molecular formula is C15H25N2O4+. The maximum Gasteiger partial charge on any atom is 0.311 e. The van der Waals surface area contributed by atoms with Gasteiger partial charge < -0.3 is 14.8 Å². The maximum absolute atomic E-state index is 10.9. The molecule has 0 amide bonds. The zero-order valence-corrected chi connectivity index (χ0v) is 13.2. The lowest BCUT2D eigenvalue weighted by Gasteiger charge is -2.16. The minimum absolute atomic E-state index is 0.00364. The summed E-state index contributed by atoms with van der Waals surface area (Å²) in [6, 6.07) is 4.93. The summed E-state index contributed by atoms with van der Waals surface area (Å²) < 4.78 is 10.9. The van der Waals surface area contributed by atoms with Crippen LogP contribution in [0, 0.1) is 17.0 Å². The molecule has 1 aromatic carbocycles. The van der Waals surface area contributed by atoms with Crippen molar-refractivity contribution < 1.29 is 19.7 Å². The van der Waals surface area contributed by atoms with Gasteiger partial charge in [-0.1, -0.05) is 6.07 Å². The van der Waals surface area contributed by atoms with E-state index in [1.54, 1.807) is 12.1 Å². The van der Waals surface area contributed by atoms with Crippen LogP contribution in [-0.2, 0) is 4.74 Å². The molecule has 0 aliphatic rings. The van der Waals surface area contributed by atoms with E-state index in [0.717, 1.165) is 12.1 Å². The number of hydrogen-bond acceptors (Lipinski definition) is 4. The molecular weight excluding hydrogens is 272 g/mol. The summed E-state index contributed by atoms with van der Waals surface area (Å²) in [7, 11) is 0. The summed E-state index contributed by atoms with van der Waals surface area (Å²) in [6.45, 7) is 10.5. The van der Waals surface area contributed by atoms with E-state index in [1.165, 1.54) is 6.07 Å². The summed E-state index contributed by atoms with van der Waals surface area (Å²) in [5, 5.41) is 13.1. The first-order valence-corrected chi connectivity index (χ1v) is 7.09. The molecule has 1 aromatic rings. The molecule has 0 spiro atoms. The number of nitrogens with two attached hydrogens (primary N) is 1. The Bertz CT molecular complexity index is 469. The topological polar surface area (TPSA) is 78.2 Å². The highest BCUT2D eigenvalue weighted by Crippen LogP contribution is 2.27. The molecule has 0 atom stereocenters. The van der Waals surface area contributed by atoms with Crippen LogP contribution in [0.25, 0.3) is 0 Å². The number of nitro groups is 1. The van der Waals surface area contributed by atoms with Gasteiger partial charge in [-0.05, 0) is 39.3 Å². The quantitative estimate of drug-likeness (QED) is 0.450. The number of ether oxygens (including phenoxy) is 2. The van der Waals surface area contributed by atoms with Gasteiger partial charge in [0.25, 0.3) is 0 Å². The zero-order chi connectivity index (χ0) is 15.9. The van der Waals surface area contributed by atoms with Crippen LogP contribution in [0.5, 0.6) is 5.75 Å². The van der Waals surface area contributed by atoms with Crippen LogP contribution in [0.2, 0.25) is 0 Å². The number of rotatable bonds is 8. The van der Waals surface area contributed by atoms with E-state index in [2.05, 4.69) is 26.1 Å². The molecule has 0 saturated carbocycles. The normalized spacial score (nSPS) is 11.4. The van der Waals surface area contributed by atoms with Gasteiger partial charge in [0.1, 0.15) is 6.61 Å². The third kappa shape index (κ3) is 7.06. The van der Waals surface area contributed by atoms with Crippen LogP contribution in [0.4, 0.5) is 5.69 Å². The molecule has 1 rings (SSSR count). The van der Waals surface area contributed by atoms with Crippen LogP contribution < -0.4 is 10.1 Å². The van der Waals surface area contributed by atoms with Crippen molar-refractivity contribution in [2.75, 3.05) is 26.4 Å². The van der Waals surface area contributed by atoms with Gasteiger partial charge >= 0.3 is 5.69 Å². The van der Waals surface area contributed by atoms with Gasteiger partial charge in [0.05, 0.1) is 30.2 Å². The van der Waals surface area contributed by atoms with Gasteiger partial charge in [0, 0.05) is 6.07 Å². The predicted octanol–water partition coefficient (Wildman–Crippen LogP) is 1.66. The molecule has 0 saturated heterocycles. The molecule has 6 nitrogen and oxygen atoms in total. The summed E-state index contributed by atoms with van der Waals surface area (Å²) >= 11 is 0. The Morgan fingerprint density at radius 1 is 1.24 bits per heavy atom. The van der Waals surface area contributed by atoms with E-state index < -0.39 is 4.92 Å². The Kier molecular flexibility index (Phi) is 6.58. The van der Waals surface area contributed by atoms with Crippen molar-refractivity contribution in [1.29, 1.82) is 0 Å². The lowest BCUT2D eigenvalue weighted by molar-refractivity contribution is -0.718. The van der Waals surface area contributed by atoms with Crippen molar-refractivity contribution >= 4 is 5.69 Å². The summed E-state index contributed by atoms with van der Waals surface area (Å²) in [5.41, 5.74) is 1.03. The minimum atomic E-state index is -0.429. The standard InChI is InChI=1S/C15H24N2O4/c1-12-5-6-14(13(11-12)17(18)19)21-10-9-20-8-7-16-15(2,3)4/h5-6,11,16H,7-10H2,1-4H3/p+1. The lowest BCUT2D eigenvalue weighted by Crippen LogP contribution is -2.95. The van der Waals surface area contributed by atoms with Crippen LogP contribution in [0.1, 0.15) is 26.3 Å². The number of benzene rings is 1. The molecule has 118 valence electrons. The summed E-state index contributed by atoms with van der Waals surface area (Å²) in [5.74, 6) is 0.287. The Labute approximate surface area is 125 Å². The molecule has 0 aliphatic carbocycles. The van der Waals surface area contributed by atoms with E-state index in [9.17, 15) is 10.1 Å². The van der Waals surface area contributed by atoms with Gasteiger partial charge in [-0.3, -0.25) is 10.1 Å².